The molecule has 0 saturated heterocycles. The number of thiazole rings is 1. The number of hydrogen-bond donors (Lipinski definition) is 2. The largest absolute Gasteiger partial charge is 0.477 e. The predicted octanol–water partition coefficient (Wildman–Crippen LogP) is 3.46. The Morgan fingerprint density at radius 2 is 2.24 bits per heavy atom. The number of aromatic amines is 1. The molecule has 0 bridgehead atoms. The van der Waals surface area contributed by atoms with E-state index in [1.54, 1.807) is 12.1 Å². The molecule has 3 heterocycles. The average molecular weight is 357 g/mol. The van der Waals surface area contributed by atoms with Gasteiger partial charge in [-0.2, -0.15) is 0 Å². The molecule has 0 spiro atoms. The molecular weight excluding hydrogens is 342 g/mol. The summed E-state index contributed by atoms with van der Waals surface area (Å²) in [6.45, 7) is 3.94. The van der Waals surface area contributed by atoms with E-state index in [-0.39, 0.29) is 0 Å². The van der Waals surface area contributed by atoms with Crippen molar-refractivity contribution in [2.75, 3.05) is 0 Å². The van der Waals surface area contributed by atoms with Crippen molar-refractivity contribution in [3.05, 3.63) is 45.0 Å². The smallest absolute Gasteiger partial charge is 0.417 e. The number of fused-ring (bicyclic) bond motifs is 2. The molecule has 7 nitrogen and oxygen atoms in total. The molecule has 25 heavy (non-hydrogen) atoms. The van der Waals surface area contributed by atoms with Crippen molar-refractivity contribution in [1.82, 2.24) is 14.4 Å². The minimum absolute atomic E-state index is 0.339. The van der Waals surface area contributed by atoms with Crippen molar-refractivity contribution in [3.8, 4) is 11.3 Å². The van der Waals surface area contributed by atoms with Gasteiger partial charge in [-0.05, 0) is 25.5 Å². The Bertz CT molecular complexity index is 1180. The number of aromatic nitrogens is 3. The van der Waals surface area contributed by atoms with E-state index < -0.39 is 11.7 Å². The number of hydrogen-bond acceptors (Lipinski definition) is 5. The highest BCUT2D eigenvalue weighted by Crippen LogP contribution is 2.32. The number of carboxylic acid groups (broad SMARTS) is 1. The third-order valence-electron chi connectivity index (χ3n) is 4.18. The first-order valence-electron chi connectivity index (χ1n) is 7.87. The Kier molecular flexibility index (Phi) is 3.50. The molecule has 3 aromatic heterocycles. The molecule has 0 fully saturated rings. The standard InChI is InChI=1S/C17H15N3O4S/c1-3-4-11-14(15(21)22)25-16-19-13(8(2)20(11)16)9-5-6-10-12(7-9)24-17(23)18-10/h5-7H,3-4H2,1-2H3,(H,18,23)(H,21,22). The zero-order valence-corrected chi connectivity index (χ0v) is 14.4. The maximum absolute atomic E-state index is 11.5. The molecule has 0 aliphatic carbocycles. The summed E-state index contributed by atoms with van der Waals surface area (Å²) in [5.41, 5.74) is 4.33. The Morgan fingerprint density at radius 1 is 1.44 bits per heavy atom. The van der Waals surface area contributed by atoms with E-state index in [2.05, 4.69) is 9.97 Å². The number of imidazole rings is 1. The van der Waals surface area contributed by atoms with E-state index in [0.29, 0.717) is 27.4 Å². The Balaban J connectivity index is 1.94. The van der Waals surface area contributed by atoms with Gasteiger partial charge in [-0.15, -0.1) is 0 Å². The maximum atomic E-state index is 11.5. The SMILES string of the molecule is CCCc1c(C(=O)O)sc2nc(-c3ccc4[nH]c(=O)oc4c3)c(C)n12. The number of nitrogens with zero attached hydrogens (tertiary/aromatic N) is 2. The molecular formula is C17H15N3O4S. The van der Waals surface area contributed by atoms with Crippen molar-refractivity contribution >= 4 is 33.4 Å². The second-order valence-electron chi connectivity index (χ2n) is 5.82. The molecule has 2 N–H and O–H groups in total. The van der Waals surface area contributed by atoms with Crippen LogP contribution < -0.4 is 5.76 Å². The molecule has 8 heteroatoms. The molecule has 0 atom stereocenters. The van der Waals surface area contributed by atoms with Crippen LogP contribution in [0.4, 0.5) is 0 Å². The number of nitrogens with one attached hydrogen (secondary N) is 1. The van der Waals surface area contributed by atoms with Crippen LogP contribution in [0.15, 0.2) is 27.4 Å². The van der Waals surface area contributed by atoms with Crippen LogP contribution in [-0.2, 0) is 6.42 Å². The monoisotopic (exact) mass is 357 g/mol. The van der Waals surface area contributed by atoms with E-state index in [1.807, 2.05) is 24.3 Å². The fraction of sp³-hybridized carbons (Fsp3) is 0.235. The second-order valence-corrected chi connectivity index (χ2v) is 6.80. The molecule has 0 radical (unpaired) electrons. The predicted molar refractivity (Wildman–Crippen MR) is 94.6 cm³/mol. The number of aromatic carboxylic acids is 1. The third-order valence-corrected chi connectivity index (χ3v) is 5.25. The summed E-state index contributed by atoms with van der Waals surface area (Å²) in [6, 6.07) is 5.41. The molecule has 0 amide bonds. The van der Waals surface area contributed by atoms with Gasteiger partial charge in [0.05, 0.1) is 11.2 Å². The molecule has 1 aromatic carbocycles. The first-order chi connectivity index (χ1) is 12.0. The maximum Gasteiger partial charge on any atom is 0.417 e. The Morgan fingerprint density at radius 3 is 2.96 bits per heavy atom. The highest BCUT2D eigenvalue weighted by atomic mass is 32.1. The molecule has 0 saturated carbocycles. The zero-order valence-electron chi connectivity index (χ0n) is 13.6. The lowest BCUT2D eigenvalue weighted by Crippen LogP contribution is -2.02. The Hall–Kier alpha value is -2.87. The van der Waals surface area contributed by atoms with Crippen molar-refractivity contribution < 1.29 is 14.3 Å². The van der Waals surface area contributed by atoms with Crippen LogP contribution in [0.2, 0.25) is 0 Å². The number of benzene rings is 1. The quantitative estimate of drug-likeness (QED) is 0.582. The van der Waals surface area contributed by atoms with Gasteiger partial charge in [0.1, 0.15) is 4.88 Å². The highest BCUT2D eigenvalue weighted by molar-refractivity contribution is 7.19. The van der Waals surface area contributed by atoms with Gasteiger partial charge >= 0.3 is 11.7 Å². The van der Waals surface area contributed by atoms with E-state index in [1.165, 1.54) is 11.3 Å². The van der Waals surface area contributed by atoms with Crippen LogP contribution in [0.3, 0.4) is 0 Å². The van der Waals surface area contributed by atoms with Gasteiger partial charge < -0.3 is 9.52 Å². The lowest BCUT2D eigenvalue weighted by atomic mass is 10.1. The van der Waals surface area contributed by atoms with Crippen LogP contribution in [0.25, 0.3) is 27.3 Å². The third kappa shape index (κ3) is 2.37. The van der Waals surface area contributed by atoms with Gasteiger partial charge in [0.2, 0.25) is 0 Å². The molecule has 128 valence electrons. The molecule has 0 aliphatic heterocycles. The van der Waals surface area contributed by atoms with Crippen LogP contribution in [0, 0.1) is 6.92 Å². The summed E-state index contributed by atoms with van der Waals surface area (Å²) < 4.78 is 7.04. The highest BCUT2D eigenvalue weighted by Gasteiger charge is 2.22. The van der Waals surface area contributed by atoms with E-state index in [9.17, 15) is 14.7 Å². The number of rotatable bonds is 4. The van der Waals surface area contributed by atoms with Gasteiger partial charge in [0, 0.05) is 17.0 Å². The Labute approximate surface area is 145 Å². The zero-order chi connectivity index (χ0) is 17.7. The van der Waals surface area contributed by atoms with Crippen molar-refractivity contribution in [2.45, 2.75) is 26.7 Å². The summed E-state index contributed by atoms with van der Waals surface area (Å²) in [6.07, 6.45) is 1.52. The molecule has 4 aromatic rings. The molecule has 4 rings (SSSR count). The summed E-state index contributed by atoms with van der Waals surface area (Å²) >= 11 is 1.18. The summed E-state index contributed by atoms with van der Waals surface area (Å²) in [5.74, 6) is -1.42. The summed E-state index contributed by atoms with van der Waals surface area (Å²) in [5, 5.41) is 9.43. The van der Waals surface area contributed by atoms with Crippen LogP contribution in [0.5, 0.6) is 0 Å². The van der Waals surface area contributed by atoms with E-state index in [4.69, 9.17) is 4.42 Å². The minimum atomic E-state index is -0.921. The topological polar surface area (TPSA) is 101 Å². The van der Waals surface area contributed by atoms with Gasteiger partial charge in [-0.25, -0.2) is 14.6 Å². The van der Waals surface area contributed by atoms with Crippen molar-refractivity contribution in [1.29, 1.82) is 0 Å². The number of carbonyl (C=O) groups is 1. The minimum Gasteiger partial charge on any atom is -0.477 e. The fourth-order valence-electron chi connectivity index (χ4n) is 3.11. The first-order valence-corrected chi connectivity index (χ1v) is 8.68. The lowest BCUT2D eigenvalue weighted by Gasteiger charge is -2.03. The van der Waals surface area contributed by atoms with Crippen LogP contribution >= 0.6 is 11.3 Å². The van der Waals surface area contributed by atoms with E-state index >= 15 is 0 Å². The summed E-state index contributed by atoms with van der Waals surface area (Å²) in [7, 11) is 0. The first kappa shape index (κ1) is 15.6. The normalized spacial score (nSPS) is 11.6. The molecule has 0 aliphatic rings. The number of aryl methyl sites for hydroxylation is 2. The van der Waals surface area contributed by atoms with Crippen LogP contribution in [0.1, 0.15) is 34.4 Å². The average Bonchev–Trinajstić information content (AvgIpc) is 3.20. The van der Waals surface area contributed by atoms with Crippen molar-refractivity contribution in [2.24, 2.45) is 0 Å². The second kappa shape index (κ2) is 5.59. The van der Waals surface area contributed by atoms with Crippen LogP contribution in [-0.4, -0.2) is 25.4 Å². The summed E-state index contributed by atoms with van der Waals surface area (Å²) in [4.78, 5) is 31.1. The van der Waals surface area contributed by atoms with Gasteiger partial charge in [0.25, 0.3) is 0 Å². The molecule has 0 unspecified atom stereocenters. The number of H-pyrrole nitrogens is 1. The van der Waals surface area contributed by atoms with Gasteiger partial charge in [0.15, 0.2) is 10.5 Å². The van der Waals surface area contributed by atoms with Gasteiger partial charge in [-0.1, -0.05) is 30.7 Å². The van der Waals surface area contributed by atoms with Gasteiger partial charge in [-0.3, -0.25) is 9.38 Å². The van der Waals surface area contributed by atoms with Crippen molar-refractivity contribution in [3.63, 3.8) is 0 Å². The lowest BCUT2D eigenvalue weighted by molar-refractivity contribution is 0.0700. The number of carboxylic acids is 1. The number of oxazole rings is 1. The fourth-order valence-corrected chi connectivity index (χ4v) is 4.17. The van der Waals surface area contributed by atoms with E-state index in [0.717, 1.165) is 29.1 Å².